The molecule has 2 rings (SSSR count). The van der Waals surface area contributed by atoms with Gasteiger partial charge in [-0.15, -0.1) is 11.3 Å². The molecule has 0 spiro atoms. The summed E-state index contributed by atoms with van der Waals surface area (Å²) in [7, 11) is 0. The first-order valence-corrected chi connectivity index (χ1v) is 10.7. The predicted molar refractivity (Wildman–Crippen MR) is 115 cm³/mol. The van der Waals surface area contributed by atoms with Crippen molar-refractivity contribution in [3.63, 3.8) is 0 Å². The van der Waals surface area contributed by atoms with Crippen molar-refractivity contribution >= 4 is 29.0 Å². The molecule has 0 aliphatic rings. The minimum atomic E-state index is -0.549. The summed E-state index contributed by atoms with van der Waals surface area (Å²) in [5.74, 6) is -0.402. The molecule has 2 aromatic rings. The average Bonchev–Trinajstić information content (AvgIpc) is 3.11. The van der Waals surface area contributed by atoms with Gasteiger partial charge in [0.05, 0.1) is 17.3 Å². The number of esters is 1. The van der Waals surface area contributed by atoms with Crippen molar-refractivity contribution in [2.45, 2.75) is 53.0 Å². The number of carbonyl (C=O) groups excluding carboxylic acids is 3. The normalized spacial score (nSPS) is 11.9. The van der Waals surface area contributed by atoms with Crippen LogP contribution in [0.4, 0.5) is 0 Å². The topological polar surface area (TPSA) is 72.5 Å². The first-order valence-electron chi connectivity index (χ1n) is 9.88. The molecular weight excluding hydrogens is 386 g/mol. The molecule has 1 heterocycles. The molecule has 1 N–H and O–H groups in total. The number of amides is 1. The molecule has 0 fully saturated rings. The quantitative estimate of drug-likeness (QED) is 0.453. The smallest absolute Gasteiger partial charge is 0.306 e. The Labute approximate surface area is 176 Å². The number of carbonyl (C=O) groups is 3. The lowest BCUT2D eigenvalue weighted by Gasteiger charge is -2.15. The number of ether oxygens (including phenoxy) is 1. The molecule has 0 aliphatic heterocycles. The zero-order valence-corrected chi connectivity index (χ0v) is 18.3. The van der Waals surface area contributed by atoms with E-state index in [0.29, 0.717) is 10.8 Å². The zero-order chi connectivity index (χ0) is 21.4. The summed E-state index contributed by atoms with van der Waals surface area (Å²) in [6, 6.07) is 11.6. The maximum absolute atomic E-state index is 12.1. The van der Waals surface area contributed by atoms with E-state index in [9.17, 15) is 14.4 Å². The van der Waals surface area contributed by atoms with Gasteiger partial charge in [-0.2, -0.15) is 0 Å². The summed E-state index contributed by atoms with van der Waals surface area (Å²) in [4.78, 5) is 37.6. The molecule has 0 bridgehead atoms. The summed E-state index contributed by atoms with van der Waals surface area (Å²) >= 11 is 1.41. The minimum absolute atomic E-state index is 0.0318. The molecule has 1 aromatic carbocycles. The Morgan fingerprint density at radius 1 is 1.00 bits per heavy atom. The number of benzene rings is 1. The van der Waals surface area contributed by atoms with Gasteiger partial charge in [-0.3, -0.25) is 14.4 Å². The molecule has 0 saturated carbocycles. The average molecular weight is 416 g/mol. The second-order valence-corrected chi connectivity index (χ2v) is 8.91. The van der Waals surface area contributed by atoms with Gasteiger partial charge in [0.15, 0.2) is 12.4 Å². The summed E-state index contributed by atoms with van der Waals surface area (Å²) < 4.78 is 5.00. The standard InChI is InChI=1S/C23H29NO4S/c1-15(2)13-18-6-8-19(9-7-18)17(4)24-22(26)14-28-23(27)12-10-20(25)21-11-5-16(3)29-21/h5-9,11,15,17H,10,12-14H2,1-4H3,(H,24,26)/t17-/m1/s1. The van der Waals surface area contributed by atoms with E-state index in [4.69, 9.17) is 4.74 Å². The van der Waals surface area contributed by atoms with E-state index in [0.717, 1.165) is 16.9 Å². The van der Waals surface area contributed by atoms with Crippen molar-refractivity contribution in [2.24, 2.45) is 5.92 Å². The van der Waals surface area contributed by atoms with Gasteiger partial charge in [-0.25, -0.2) is 0 Å². The van der Waals surface area contributed by atoms with E-state index in [1.807, 2.05) is 32.0 Å². The minimum Gasteiger partial charge on any atom is -0.456 e. The van der Waals surface area contributed by atoms with Crippen molar-refractivity contribution in [3.05, 3.63) is 57.3 Å². The van der Waals surface area contributed by atoms with Crippen LogP contribution in [0.5, 0.6) is 0 Å². The number of Topliss-reactive ketones (excluding diaryl/α,β-unsaturated/α-hetero) is 1. The molecule has 0 radical (unpaired) electrons. The Morgan fingerprint density at radius 3 is 2.28 bits per heavy atom. The second kappa shape index (κ2) is 10.9. The van der Waals surface area contributed by atoms with Crippen molar-refractivity contribution in [1.29, 1.82) is 0 Å². The first-order chi connectivity index (χ1) is 13.7. The third-order valence-electron chi connectivity index (χ3n) is 4.44. The monoisotopic (exact) mass is 415 g/mol. The zero-order valence-electron chi connectivity index (χ0n) is 17.5. The molecule has 6 heteroatoms. The van der Waals surface area contributed by atoms with E-state index in [1.165, 1.54) is 16.9 Å². The number of aryl methyl sites for hydroxylation is 1. The van der Waals surface area contributed by atoms with E-state index >= 15 is 0 Å². The van der Waals surface area contributed by atoms with Gasteiger partial charge in [0.25, 0.3) is 5.91 Å². The van der Waals surface area contributed by atoms with Crippen LogP contribution >= 0.6 is 11.3 Å². The number of nitrogens with one attached hydrogen (secondary N) is 1. The second-order valence-electron chi connectivity index (χ2n) is 7.62. The van der Waals surface area contributed by atoms with E-state index < -0.39 is 5.97 Å². The first kappa shape index (κ1) is 22.8. The lowest BCUT2D eigenvalue weighted by molar-refractivity contribution is -0.148. The van der Waals surface area contributed by atoms with E-state index in [2.05, 4.69) is 31.3 Å². The highest BCUT2D eigenvalue weighted by Crippen LogP contribution is 2.18. The van der Waals surface area contributed by atoms with Crippen LogP contribution in [-0.2, 0) is 20.7 Å². The largest absolute Gasteiger partial charge is 0.456 e. The van der Waals surface area contributed by atoms with Crippen LogP contribution in [0.1, 0.15) is 65.3 Å². The fourth-order valence-electron chi connectivity index (χ4n) is 2.92. The van der Waals surface area contributed by atoms with Gasteiger partial charge in [-0.05, 0) is 49.4 Å². The maximum Gasteiger partial charge on any atom is 0.306 e. The van der Waals surface area contributed by atoms with E-state index in [-0.39, 0.29) is 37.2 Å². The van der Waals surface area contributed by atoms with Gasteiger partial charge < -0.3 is 10.1 Å². The number of hydrogen-bond donors (Lipinski definition) is 1. The van der Waals surface area contributed by atoms with Crippen LogP contribution in [0, 0.1) is 12.8 Å². The van der Waals surface area contributed by atoms with Crippen molar-refractivity contribution < 1.29 is 19.1 Å². The van der Waals surface area contributed by atoms with Crippen LogP contribution in [0.25, 0.3) is 0 Å². The summed E-state index contributed by atoms with van der Waals surface area (Å²) in [5, 5.41) is 2.82. The third kappa shape index (κ3) is 7.81. The Kier molecular flexibility index (Phi) is 8.58. The predicted octanol–water partition coefficient (Wildman–Crippen LogP) is 4.64. The molecule has 1 atom stereocenters. The number of rotatable bonds is 10. The summed E-state index contributed by atoms with van der Waals surface area (Å²) in [5.41, 5.74) is 2.26. The van der Waals surface area contributed by atoms with Crippen LogP contribution in [-0.4, -0.2) is 24.3 Å². The van der Waals surface area contributed by atoms with Crippen LogP contribution < -0.4 is 5.32 Å². The lowest BCUT2D eigenvalue weighted by atomic mass is 10.00. The van der Waals surface area contributed by atoms with Gasteiger partial charge in [-0.1, -0.05) is 38.1 Å². The molecule has 156 valence electrons. The molecule has 0 unspecified atom stereocenters. The Morgan fingerprint density at radius 2 is 1.69 bits per heavy atom. The highest BCUT2D eigenvalue weighted by molar-refractivity contribution is 7.14. The Bertz CT molecular complexity index is 839. The number of hydrogen-bond acceptors (Lipinski definition) is 5. The fraction of sp³-hybridized carbons (Fsp3) is 0.435. The summed E-state index contributed by atoms with van der Waals surface area (Å²) in [6.07, 6.45) is 1.07. The molecular formula is C23H29NO4S. The van der Waals surface area contributed by atoms with Gasteiger partial charge in [0.2, 0.25) is 0 Å². The van der Waals surface area contributed by atoms with Gasteiger partial charge in [0, 0.05) is 11.3 Å². The van der Waals surface area contributed by atoms with Crippen LogP contribution in [0.15, 0.2) is 36.4 Å². The SMILES string of the molecule is Cc1ccc(C(=O)CCC(=O)OCC(=O)N[C@H](C)c2ccc(CC(C)C)cc2)s1. The van der Waals surface area contributed by atoms with Gasteiger partial charge >= 0.3 is 5.97 Å². The van der Waals surface area contributed by atoms with Crippen molar-refractivity contribution in [1.82, 2.24) is 5.32 Å². The summed E-state index contributed by atoms with van der Waals surface area (Å²) in [6.45, 7) is 7.82. The molecule has 0 saturated heterocycles. The maximum atomic E-state index is 12.1. The van der Waals surface area contributed by atoms with Gasteiger partial charge in [0.1, 0.15) is 0 Å². The van der Waals surface area contributed by atoms with Crippen LogP contribution in [0.2, 0.25) is 0 Å². The molecule has 0 aliphatic carbocycles. The van der Waals surface area contributed by atoms with Crippen molar-refractivity contribution in [2.75, 3.05) is 6.61 Å². The molecule has 1 amide bonds. The fourth-order valence-corrected chi connectivity index (χ4v) is 3.76. The van der Waals surface area contributed by atoms with Crippen molar-refractivity contribution in [3.8, 4) is 0 Å². The Balaban J connectivity index is 1.71. The molecule has 5 nitrogen and oxygen atoms in total. The lowest BCUT2D eigenvalue weighted by Crippen LogP contribution is -2.31. The van der Waals surface area contributed by atoms with E-state index in [1.54, 1.807) is 6.07 Å². The van der Waals surface area contributed by atoms with Crippen LogP contribution in [0.3, 0.4) is 0 Å². The molecule has 1 aromatic heterocycles. The highest BCUT2D eigenvalue weighted by Gasteiger charge is 2.15. The Hall–Kier alpha value is -2.47. The number of ketones is 1. The highest BCUT2D eigenvalue weighted by atomic mass is 32.1. The molecule has 29 heavy (non-hydrogen) atoms. The third-order valence-corrected chi connectivity index (χ3v) is 5.48. The number of thiophene rings is 1.